The molecule has 0 aliphatic rings. The number of nitrogens with zero attached hydrogens (tertiary/aromatic N) is 4. The second-order valence-electron chi connectivity index (χ2n) is 6.35. The predicted molar refractivity (Wildman–Crippen MR) is 109 cm³/mol. The molecule has 10 nitrogen and oxygen atoms in total. The molecule has 1 amide bonds. The summed E-state index contributed by atoms with van der Waals surface area (Å²) in [4.78, 5) is 31.1. The first-order chi connectivity index (χ1) is 14.3. The summed E-state index contributed by atoms with van der Waals surface area (Å²) in [6.45, 7) is 5.08. The van der Waals surface area contributed by atoms with Crippen LogP contribution >= 0.6 is 11.6 Å². The molecule has 30 heavy (non-hydrogen) atoms. The average molecular weight is 434 g/mol. The molecule has 2 heterocycles. The second kappa shape index (κ2) is 8.95. The number of ether oxygens (including phenoxy) is 1. The van der Waals surface area contributed by atoms with Crippen molar-refractivity contribution >= 4 is 40.3 Å². The standard InChI is InChI=1S/C19H21ClN6O4/c1-3-25-12-6-5-11(30-10-16(27)28)7-13(12)26(4-2)15(25)9-23-19(29)17-18(21)22-8-14(20)24-17/h5-8H,3-4,9-10H2,1-2H3,(H3-,21,22,23,27,28,29)/p+1. The van der Waals surface area contributed by atoms with Gasteiger partial charge in [0.05, 0.1) is 19.3 Å². The lowest BCUT2D eigenvalue weighted by atomic mass is 10.3. The van der Waals surface area contributed by atoms with Gasteiger partial charge in [-0.15, -0.1) is 0 Å². The van der Waals surface area contributed by atoms with Crippen molar-refractivity contribution in [3.05, 3.63) is 41.1 Å². The Balaban J connectivity index is 1.93. The van der Waals surface area contributed by atoms with Crippen LogP contribution in [0.15, 0.2) is 24.4 Å². The Bertz CT molecular complexity index is 1110. The number of imidazole rings is 1. The minimum Gasteiger partial charge on any atom is -0.482 e. The van der Waals surface area contributed by atoms with Crippen molar-refractivity contribution < 1.29 is 24.0 Å². The molecule has 158 valence electrons. The highest BCUT2D eigenvalue weighted by Crippen LogP contribution is 2.22. The molecule has 0 saturated carbocycles. The summed E-state index contributed by atoms with van der Waals surface area (Å²) in [6, 6.07) is 5.38. The van der Waals surface area contributed by atoms with Crippen molar-refractivity contribution in [1.29, 1.82) is 0 Å². The first-order valence-electron chi connectivity index (χ1n) is 9.31. The Kier molecular flexibility index (Phi) is 6.36. The normalized spacial score (nSPS) is 10.9. The Labute approximate surface area is 177 Å². The number of nitrogen functional groups attached to an aromatic ring is 1. The zero-order valence-corrected chi connectivity index (χ0v) is 17.3. The van der Waals surface area contributed by atoms with Crippen molar-refractivity contribution in [3.63, 3.8) is 0 Å². The molecule has 3 rings (SSSR count). The number of rotatable bonds is 8. The zero-order valence-electron chi connectivity index (χ0n) is 16.6. The van der Waals surface area contributed by atoms with Gasteiger partial charge in [0.1, 0.15) is 17.4 Å². The van der Waals surface area contributed by atoms with Crippen molar-refractivity contribution in [3.8, 4) is 5.75 Å². The molecule has 0 aliphatic carbocycles. The summed E-state index contributed by atoms with van der Waals surface area (Å²) in [5, 5.41) is 11.7. The average Bonchev–Trinajstić information content (AvgIpc) is 3.03. The van der Waals surface area contributed by atoms with Crippen LogP contribution in [0.25, 0.3) is 11.0 Å². The fourth-order valence-electron chi connectivity index (χ4n) is 3.29. The van der Waals surface area contributed by atoms with E-state index < -0.39 is 18.5 Å². The SMILES string of the molecule is CCn1c(CNC(=O)c2nc(Cl)cnc2N)[n+](CC)c2ccc(OCC(=O)O)cc21. The van der Waals surface area contributed by atoms with Gasteiger partial charge in [0.25, 0.3) is 11.7 Å². The molecule has 4 N–H and O–H groups in total. The molecule has 11 heteroatoms. The van der Waals surface area contributed by atoms with Gasteiger partial charge < -0.3 is 20.9 Å². The maximum Gasteiger partial charge on any atom is 0.341 e. The van der Waals surface area contributed by atoms with E-state index in [1.165, 1.54) is 6.20 Å². The van der Waals surface area contributed by atoms with Crippen LogP contribution in [0.1, 0.15) is 30.2 Å². The fraction of sp³-hybridized carbons (Fsp3) is 0.316. The van der Waals surface area contributed by atoms with Crippen LogP contribution in [0.3, 0.4) is 0 Å². The summed E-state index contributed by atoms with van der Waals surface area (Å²) in [5.74, 6) is -0.221. The lowest BCUT2D eigenvalue weighted by Gasteiger charge is -2.07. The fourth-order valence-corrected chi connectivity index (χ4v) is 3.42. The van der Waals surface area contributed by atoms with Gasteiger partial charge in [-0.1, -0.05) is 11.6 Å². The molecular formula is C19H22ClN6O4+. The number of aryl methyl sites for hydroxylation is 2. The number of carboxylic acids is 1. The number of fused-ring (bicyclic) bond motifs is 1. The van der Waals surface area contributed by atoms with Gasteiger partial charge >= 0.3 is 5.97 Å². The third kappa shape index (κ3) is 4.28. The number of carboxylic acid groups (broad SMARTS) is 1. The van der Waals surface area contributed by atoms with Gasteiger partial charge in [0, 0.05) is 6.07 Å². The van der Waals surface area contributed by atoms with Gasteiger partial charge in [-0.2, -0.15) is 0 Å². The predicted octanol–water partition coefficient (Wildman–Crippen LogP) is 1.39. The van der Waals surface area contributed by atoms with Crippen molar-refractivity contribution in [1.82, 2.24) is 19.9 Å². The highest BCUT2D eigenvalue weighted by Gasteiger charge is 2.25. The highest BCUT2D eigenvalue weighted by atomic mass is 35.5. The van der Waals surface area contributed by atoms with Gasteiger partial charge in [-0.05, 0) is 26.0 Å². The number of amides is 1. The van der Waals surface area contributed by atoms with Crippen molar-refractivity contribution in [2.45, 2.75) is 33.5 Å². The Hall–Kier alpha value is -3.40. The number of nitrogens with two attached hydrogens (primary N) is 1. The Morgan fingerprint density at radius 2 is 2.13 bits per heavy atom. The van der Waals surface area contributed by atoms with Crippen LogP contribution < -0.4 is 20.4 Å². The molecule has 0 bridgehead atoms. The van der Waals surface area contributed by atoms with Crippen LogP contribution in [0.4, 0.5) is 5.82 Å². The number of hydrogen-bond acceptors (Lipinski definition) is 6. The van der Waals surface area contributed by atoms with E-state index in [0.29, 0.717) is 18.8 Å². The molecule has 0 aliphatic heterocycles. The number of benzene rings is 1. The van der Waals surface area contributed by atoms with Gasteiger partial charge in [0.15, 0.2) is 29.2 Å². The maximum absolute atomic E-state index is 12.6. The monoisotopic (exact) mass is 433 g/mol. The maximum atomic E-state index is 12.6. The van der Waals surface area contributed by atoms with Crippen molar-refractivity contribution in [2.24, 2.45) is 0 Å². The van der Waals surface area contributed by atoms with Gasteiger partial charge in [-0.3, -0.25) is 4.79 Å². The number of halogens is 1. The van der Waals surface area contributed by atoms with Crippen LogP contribution in [0.2, 0.25) is 5.15 Å². The number of anilines is 1. The minimum absolute atomic E-state index is 0.00322. The summed E-state index contributed by atoms with van der Waals surface area (Å²) < 4.78 is 9.39. The lowest BCUT2D eigenvalue weighted by molar-refractivity contribution is -0.676. The summed E-state index contributed by atoms with van der Waals surface area (Å²) in [6.07, 6.45) is 1.28. The molecule has 1 aromatic carbocycles. The summed E-state index contributed by atoms with van der Waals surface area (Å²) in [5.41, 5.74) is 7.51. The first kappa shape index (κ1) is 21.3. The lowest BCUT2D eigenvalue weighted by Crippen LogP contribution is -2.40. The largest absolute Gasteiger partial charge is 0.482 e. The molecular weight excluding hydrogens is 412 g/mol. The van der Waals surface area contributed by atoms with E-state index >= 15 is 0 Å². The van der Waals surface area contributed by atoms with E-state index in [2.05, 4.69) is 19.9 Å². The van der Waals surface area contributed by atoms with E-state index in [4.69, 9.17) is 27.2 Å². The minimum atomic E-state index is -1.05. The highest BCUT2D eigenvalue weighted by molar-refractivity contribution is 6.29. The third-order valence-electron chi connectivity index (χ3n) is 4.54. The topological polar surface area (TPSA) is 136 Å². The summed E-state index contributed by atoms with van der Waals surface area (Å²) >= 11 is 5.82. The van der Waals surface area contributed by atoms with Crippen LogP contribution in [-0.2, 0) is 24.4 Å². The number of nitrogens with one attached hydrogen (secondary N) is 1. The van der Waals surface area contributed by atoms with Crippen molar-refractivity contribution in [2.75, 3.05) is 12.3 Å². The van der Waals surface area contributed by atoms with E-state index in [-0.39, 0.29) is 23.2 Å². The molecule has 2 aromatic heterocycles. The smallest absolute Gasteiger partial charge is 0.341 e. The first-order valence-corrected chi connectivity index (χ1v) is 9.69. The van der Waals surface area contributed by atoms with Gasteiger partial charge in [-0.25, -0.2) is 23.9 Å². The number of aliphatic carboxylic acids is 1. The van der Waals surface area contributed by atoms with E-state index in [9.17, 15) is 9.59 Å². The van der Waals surface area contributed by atoms with Gasteiger partial charge in [0.2, 0.25) is 0 Å². The third-order valence-corrected chi connectivity index (χ3v) is 4.72. The molecule has 0 atom stereocenters. The molecule has 0 spiro atoms. The van der Waals surface area contributed by atoms with E-state index in [1.807, 2.05) is 24.5 Å². The molecule has 0 saturated heterocycles. The molecule has 0 unspecified atom stereocenters. The van der Waals surface area contributed by atoms with E-state index in [1.54, 1.807) is 12.1 Å². The number of aromatic nitrogens is 4. The van der Waals surface area contributed by atoms with Crippen LogP contribution in [0.5, 0.6) is 5.75 Å². The second-order valence-corrected chi connectivity index (χ2v) is 6.73. The quantitative estimate of drug-likeness (QED) is 0.456. The molecule has 0 fully saturated rings. The number of hydrogen-bond donors (Lipinski definition) is 3. The Morgan fingerprint density at radius 1 is 1.37 bits per heavy atom. The van der Waals surface area contributed by atoms with E-state index in [0.717, 1.165) is 16.9 Å². The molecule has 0 radical (unpaired) electrons. The number of carbonyl (C=O) groups is 2. The Morgan fingerprint density at radius 3 is 2.80 bits per heavy atom. The van der Waals surface area contributed by atoms with Crippen LogP contribution in [-0.4, -0.2) is 38.1 Å². The zero-order chi connectivity index (χ0) is 21.8. The molecule has 3 aromatic rings. The summed E-state index contributed by atoms with van der Waals surface area (Å²) in [7, 11) is 0. The van der Waals surface area contributed by atoms with Crippen LogP contribution in [0, 0.1) is 0 Å². The number of carbonyl (C=O) groups excluding carboxylic acids is 1.